The molecule has 3 N–H and O–H groups in total. The number of hydrogen-bond donors (Lipinski definition) is 3. The number of carbonyl (C=O) groups excluding carboxylic acids is 2. The van der Waals surface area contributed by atoms with E-state index in [4.69, 9.17) is 0 Å². The lowest BCUT2D eigenvalue weighted by molar-refractivity contribution is -0.146. The summed E-state index contributed by atoms with van der Waals surface area (Å²) in [5.74, 6) is -2.66. The van der Waals surface area contributed by atoms with Crippen LogP contribution in [0.3, 0.4) is 0 Å². The Labute approximate surface area is 181 Å². The van der Waals surface area contributed by atoms with E-state index in [1.807, 2.05) is 12.2 Å². The van der Waals surface area contributed by atoms with E-state index in [0.717, 1.165) is 56.9 Å². The lowest BCUT2D eigenvalue weighted by Gasteiger charge is -2.25. The smallest absolute Gasteiger partial charge is 0.307 e. The molecule has 3 aliphatic rings. The molecule has 162 valence electrons. The lowest BCUT2D eigenvalue weighted by atomic mass is 9.82. The quantitative estimate of drug-likeness (QED) is 0.607. The molecule has 0 spiro atoms. The number of allylic oxidation sites excluding steroid dienone is 2. The van der Waals surface area contributed by atoms with Crippen LogP contribution in [0.5, 0.6) is 0 Å². The van der Waals surface area contributed by atoms with Crippen molar-refractivity contribution >= 4 is 34.1 Å². The van der Waals surface area contributed by atoms with Crippen LogP contribution in [-0.2, 0) is 22.4 Å². The highest BCUT2D eigenvalue weighted by atomic mass is 32.1. The topological polar surface area (TPSA) is 95.5 Å². The largest absolute Gasteiger partial charge is 0.481 e. The first-order valence-electron chi connectivity index (χ1n) is 11.2. The third-order valence-electron chi connectivity index (χ3n) is 6.66. The zero-order chi connectivity index (χ0) is 21.1. The van der Waals surface area contributed by atoms with E-state index >= 15 is 0 Å². The molecule has 4 rings (SSSR count). The van der Waals surface area contributed by atoms with Crippen LogP contribution in [0.25, 0.3) is 0 Å². The van der Waals surface area contributed by atoms with Gasteiger partial charge in [-0.15, -0.1) is 11.3 Å². The number of amides is 2. The number of hydrogen-bond acceptors (Lipinski definition) is 4. The molecular weight excluding hydrogens is 400 g/mol. The summed E-state index contributed by atoms with van der Waals surface area (Å²) < 4.78 is 0. The minimum atomic E-state index is -0.944. The van der Waals surface area contributed by atoms with Crippen molar-refractivity contribution in [1.29, 1.82) is 0 Å². The van der Waals surface area contributed by atoms with Gasteiger partial charge in [0, 0.05) is 10.9 Å². The number of anilines is 1. The van der Waals surface area contributed by atoms with Gasteiger partial charge in [-0.1, -0.05) is 31.4 Å². The van der Waals surface area contributed by atoms with Crippen LogP contribution in [0.15, 0.2) is 12.2 Å². The van der Waals surface area contributed by atoms with Crippen LogP contribution in [0.4, 0.5) is 5.00 Å². The molecule has 6 nitrogen and oxygen atoms in total. The third kappa shape index (κ3) is 4.46. The molecule has 7 heteroatoms. The molecule has 1 fully saturated rings. The summed E-state index contributed by atoms with van der Waals surface area (Å²) in [4.78, 5) is 39.0. The van der Waals surface area contributed by atoms with Crippen molar-refractivity contribution in [3.63, 3.8) is 0 Å². The van der Waals surface area contributed by atoms with Crippen LogP contribution in [0.1, 0.15) is 78.6 Å². The number of carbonyl (C=O) groups is 3. The summed E-state index contributed by atoms with van der Waals surface area (Å²) in [7, 11) is 0. The molecular formula is C23H30N2O4S. The van der Waals surface area contributed by atoms with E-state index in [0.29, 0.717) is 23.4 Å². The molecule has 2 amide bonds. The molecule has 2 atom stereocenters. The second-order valence-corrected chi connectivity index (χ2v) is 9.81. The Bertz CT molecular complexity index is 854. The van der Waals surface area contributed by atoms with Gasteiger partial charge in [0.15, 0.2) is 0 Å². The number of aryl methyl sites for hydroxylation is 1. The Morgan fingerprint density at radius 1 is 0.933 bits per heavy atom. The summed E-state index contributed by atoms with van der Waals surface area (Å²) >= 11 is 1.50. The van der Waals surface area contributed by atoms with E-state index in [2.05, 4.69) is 10.6 Å². The van der Waals surface area contributed by atoms with Gasteiger partial charge in [0.25, 0.3) is 5.91 Å². The molecule has 1 aromatic heterocycles. The number of carboxylic acid groups (broad SMARTS) is 1. The average molecular weight is 431 g/mol. The highest BCUT2D eigenvalue weighted by Crippen LogP contribution is 2.39. The van der Waals surface area contributed by atoms with Crippen molar-refractivity contribution in [3.8, 4) is 0 Å². The molecule has 1 aromatic rings. The first kappa shape index (κ1) is 21.1. The normalized spacial score (nSPS) is 24.1. The van der Waals surface area contributed by atoms with Crippen LogP contribution < -0.4 is 10.6 Å². The maximum atomic E-state index is 13.2. The van der Waals surface area contributed by atoms with Gasteiger partial charge in [-0.25, -0.2) is 0 Å². The molecule has 0 bridgehead atoms. The summed E-state index contributed by atoms with van der Waals surface area (Å²) in [6, 6.07) is 0.203. The van der Waals surface area contributed by atoms with Crippen LogP contribution in [0, 0.1) is 11.8 Å². The van der Waals surface area contributed by atoms with E-state index in [1.165, 1.54) is 22.6 Å². The van der Waals surface area contributed by atoms with Gasteiger partial charge < -0.3 is 15.7 Å². The van der Waals surface area contributed by atoms with Gasteiger partial charge in [0.2, 0.25) is 5.91 Å². The van der Waals surface area contributed by atoms with Gasteiger partial charge in [0.1, 0.15) is 5.00 Å². The summed E-state index contributed by atoms with van der Waals surface area (Å²) in [6.45, 7) is 0. The molecule has 1 heterocycles. The number of carboxylic acids is 1. The summed E-state index contributed by atoms with van der Waals surface area (Å²) in [6.07, 6.45) is 13.9. The molecule has 30 heavy (non-hydrogen) atoms. The summed E-state index contributed by atoms with van der Waals surface area (Å²) in [5, 5.41) is 16.3. The molecule has 0 aromatic carbocycles. The van der Waals surface area contributed by atoms with E-state index in [9.17, 15) is 19.5 Å². The van der Waals surface area contributed by atoms with Gasteiger partial charge in [0.05, 0.1) is 17.4 Å². The molecule has 0 aliphatic heterocycles. The van der Waals surface area contributed by atoms with Crippen molar-refractivity contribution in [2.75, 3.05) is 5.32 Å². The number of aliphatic carboxylic acids is 1. The second-order valence-electron chi connectivity index (χ2n) is 8.71. The Balaban J connectivity index is 1.57. The standard InChI is InChI=1S/C23H30N2O4S/c26-20(15-10-4-5-11-16(15)23(28)29)25-22-19(17-12-6-7-13-18(17)30-22)21(27)24-14-8-2-1-3-9-14/h4-5,14-16H,1-3,6-13H2,(H,24,27)(H,25,26)(H,28,29)/t15-,16+/m1/s1. The minimum absolute atomic E-state index is 0.0880. The fraction of sp³-hybridized carbons (Fsp3) is 0.609. The van der Waals surface area contributed by atoms with Crippen molar-refractivity contribution < 1.29 is 19.5 Å². The number of fused-ring (bicyclic) bond motifs is 1. The SMILES string of the molecule is O=C(NC1CCCCC1)c1c(NC(=O)[C@@H]2CC=CC[C@@H]2C(=O)O)sc2c1CCCC2. The zero-order valence-corrected chi connectivity index (χ0v) is 18.1. The minimum Gasteiger partial charge on any atom is -0.481 e. The highest BCUT2D eigenvalue weighted by molar-refractivity contribution is 7.17. The number of nitrogens with one attached hydrogen (secondary N) is 2. The van der Waals surface area contributed by atoms with Crippen molar-refractivity contribution in [3.05, 3.63) is 28.2 Å². The fourth-order valence-electron chi connectivity index (χ4n) is 4.98. The summed E-state index contributed by atoms with van der Waals surface area (Å²) in [5.41, 5.74) is 1.69. The van der Waals surface area contributed by atoms with Gasteiger partial charge in [-0.2, -0.15) is 0 Å². The Hall–Kier alpha value is -2.15. The predicted octanol–water partition coefficient (Wildman–Crippen LogP) is 4.29. The molecule has 3 aliphatic carbocycles. The average Bonchev–Trinajstić information content (AvgIpc) is 3.12. The maximum absolute atomic E-state index is 13.2. The van der Waals surface area contributed by atoms with Crippen LogP contribution in [0.2, 0.25) is 0 Å². The number of thiophene rings is 1. The first-order chi connectivity index (χ1) is 14.5. The lowest BCUT2D eigenvalue weighted by Crippen LogP contribution is -2.37. The van der Waals surface area contributed by atoms with E-state index < -0.39 is 17.8 Å². The zero-order valence-electron chi connectivity index (χ0n) is 17.2. The second kappa shape index (κ2) is 9.33. The predicted molar refractivity (Wildman–Crippen MR) is 117 cm³/mol. The number of rotatable bonds is 5. The molecule has 0 unspecified atom stereocenters. The van der Waals surface area contributed by atoms with Gasteiger partial charge in [-0.05, 0) is 56.9 Å². The Morgan fingerprint density at radius 3 is 2.37 bits per heavy atom. The van der Waals surface area contributed by atoms with Crippen molar-refractivity contribution in [2.24, 2.45) is 11.8 Å². The van der Waals surface area contributed by atoms with Crippen LogP contribution in [-0.4, -0.2) is 28.9 Å². The third-order valence-corrected chi connectivity index (χ3v) is 7.87. The first-order valence-corrected chi connectivity index (χ1v) is 12.0. The Morgan fingerprint density at radius 2 is 1.63 bits per heavy atom. The maximum Gasteiger partial charge on any atom is 0.307 e. The highest BCUT2D eigenvalue weighted by Gasteiger charge is 2.35. The van der Waals surface area contributed by atoms with E-state index in [-0.39, 0.29) is 17.9 Å². The molecule has 1 saturated carbocycles. The Kier molecular flexibility index (Phi) is 6.56. The van der Waals surface area contributed by atoms with E-state index in [1.54, 1.807) is 0 Å². The van der Waals surface area contributed by atoms with Crippen molar-refractivity contribution in [1.82, 2.24) is 5.32 Å². The monoisotopic (exact) mass is 430 g/mol. The molecule has 0 saturated heterocycles. The van der Waals surface area contributed by atoms with Crippen LogP contribution >= 0.6 is 11.3 Å². The fourth-order valence-corrected chi connectivity index (χ4v) is 6.27. The van der Waals surface area contributed by atoms with Gasteiger partial charge >= 0.3 is 5.97 Å². The van der Waals surface area contributed by atoms with Gasteiger partial charge in [-0.3, -0.25) is 14.4 Å². The molecule has 0 radical (unpaired) electrons. The van der Waals surface area contributed by atoms with Crippen molar-refractivity contribution in [2.45, 2.75) is 76.7 Å².